The smallest absolute Gasteiger partial charge is 0.224 e. The molecule has 2 aromatic carbocycles. The molecule has 23 heavy (non-hydrogen) atoms. The van der Waals surface area contributed by atoms with E-state index in [1.165, 1.54) is 0 Å². The maximum atomic E-state index is 12.1. The van der Waals surface area contributed by atoms with E-state index in [1.807, 2.05) is 24.3 Å². The van der Waals surface area contributed by atoms with Gasteiger partial charge in [0.05, 0.1) is 12.5 Å². The molecular formula is C19H21NO3. The van der Waals surface area contributed by atoms with Gasteiger partial charge in [-0.3, -0.25) is 4.79 Å². The number of phenolic OH excluding ortho intramolecular Hbond substituents is 1. The summed E-state index contributed by atoms with van der Waals surface area (Å²) in [6, 6.07) is 17.0. The second kappa shape index (κ2) is 7.29. The Morgan fingerprint density at radius 3 is 2.65 bits per heavy atom. The number of carbonyl (C=O) groups is 1. The van der Waals surface area contributed by atoms with Crippen molar-refractivity contribution in [3.05, 3.63) is 65.7 Å². The molecule has 1 fully saturated rings. The molecule has 1 saturated heterocycles. The zero-order valence-electron chi connectivity index (χ0n) is 12.9. The van der Waals surface area contributed by atoms with E-state index < -0.39 is 0 Å². The molecule has 0 saturated carbocycles. The number of benzene rings is 2. The second-order valence-corrected chi connectivity index (χ2v) is 5.86. The average molecular weight is 311 g/mol. The standard InChI is InChI=1S/C19H21NO3/c21-17-9-5-4-8-15(17)12-18(22)20-13-16-10-11-23-19(16)14-6-2-1-3-7-14/h1-9,16,19,21H,10-13H2,(H,20,22)/t16-,19-/m1/s1. The van der Waals surface area contributed by atoms with E-state index in [-0.39, 0.29) is 30.1 Å². The number of carbonyl (C=O) groups excluding carboxylic acids is 1. The third-order valence-electron chi connectivity index (χ3n) is 4.25. The van der Waals surface area contributed by atoms with Crippen molar-refractivity contribution in [3.8, 4) is 5.75 Å². The molecule has 1 aliphatic rings. The lowest BCUT2D eigenvalue weighted by Gasteiger charge is -2.19. The fourth-order valence-electron chi connectivity index (χ4n) is 2.99. The Kier molecular flexibility index (Phi) is 4.93. The Morgan fingerprint density at radius 2 is 1.87 bits per heavy atom. The summed E-state index contributed by atoms with van der Waals surface area (Å²) in [6.45, 7) is 1.31. The van der Waals surface area contributed by atoms with Crippen LogP contribution in [0.2, 0.25) is 0 Å². The van der Waals surface area contributed by atoms with Crippen LogP contribution < -0.4 is 5.32 Å². The van der Waals surface area contributed by atoms with Gasteiger partial charge >= 0.3 is 0 Å². The highest BCUT2D eigenvalue weighted by molar-refractivity contribution is 5.79. The first-order valence-corrected chi connectivity index (χ1v) is 7.94. The normalized spacial score (nSPS) is 20.3. The predicted molar refractivity (Wildman–Crippen MR) is 88.1 cm³/mol. The van der Waals surface area contributed by atoms with Crippen LogP contribution in [0.3, 0.4) is 0 Å². The quantitative estimate of drug-likeness (QED) is 0.892. The Bertz CT molecular complexity index is 657. The molecule has 0 aliphatic carbocycles. The van der Waals surface area contributed by atoms with Crippen molar-refractivity contribution in [1.82, 2.24) is 5.32 Å². The third-order valence-corrected chi connectivity index (χ3v) is 4.25. The molecule has 0 aromatic heterocycles. The molecule has 1 amide bonds. The molecule has 3 rings (SSSR count). The molecule has 2 aromatic rings. The lowest BCUT2D eigenvalue weighted by atomic mass is 9.95. The van der Waals surface area contributed by atoms with Gasteiger partial charge in [-0.2, -0.15) is 0 Å². The summed E-state index contributed by atoms with van der Waals surface area (Å²) in [7, 11) is 0. The molecule has 1 heterocycles. The monoisotopic (exact) mass is 311 g/mol. The maximum absolute atomic E-state index is 12.1. The molecule has 0 radical (unpaired) electrons. The van der Waals surface area contributed by atoms with Crippen molar-refractivity contribution in [2.75, 3.05) is 13.2 Å². The minimum absolute atomic E-state index is 0.0432. The minimum atomic E-state index is -0.0785. The van der Waals surface area contributed by atoms with Crippen LogP contribution in [0.25, 0.3) is 0 Å². The Labute approximate surface area is 136 Å². The highest BCUT2D eigenvalue weighted by atomic mass is 16.5. The zero-order chi connectivity index (χ0) is 16.1. The van der Waals surface area contributed by atoms with Crippen LogP contribution in [-0.4, -0.2) is 24.2 Å². The van der Waals surface area contributed by atoms with E-state index in [0.29, 0.717) is 12.1 Å². The van der Waals surface area contributed by atoms with E-state index in [9.17, 15) is 9.90 Å². The summed E-state index contributed by atoms with van der Waals surface area (Å²) >= 11 is 0. The van der Waals surface area contributed by atoms with Gasteiger partial charge in [-0.05, 0) is 18.1 Å². The Morgan fingerprint density at radius 1 is 1.13 bits per heavy atom. The number of hydrogen-bond acceptors (Lipinski definition) is 3. The van der Waals surface area contributed by atoms with Crippen LogP contribution in [0.5, 0.6) is 5.75 Å². The molecule has 2 atom stereocenters. The molecule has 4 heteroatoms. The fraction of sp³-hybridized carbons (Fsp3) is 0.316. The first kappa shape index (κ1) is 15.6. The van der Waals surface area contributed by atoms with Crippen LogP contribution in [0.15, 0.2) is 54.6 Å². The average Bonchev–Trinajstić information content (AvgIpc) is 3.04. The predicted octanol–water partition coefficient (Wildman–Crippen LogP) is 2.83. The van der Waals surface area contributed by atoms with Crippen molar-refractivity contribution in [2.45, 2.75) is 18.9 Å². The SMILES string of the molecule is O=C(Cc1ccccc1O)NC[C@H]1CCO[C@@H]1c1ccccc1. The number of amides is 1. The summed E-state index contributed by atoms with van der Waals surface area (Å²) in [5.74, 6) is 0.366. The van der Waals surface area contributed by atoms with Crippen LogP contribution in [0, 0.1) is 5.92 Å². The van der Waals surface area contributed by atoms with Crippen LogP contribution >= 0.6 is 0 Å². The van der Waals surface area contributed by atoms with Gasteiger partial charge in [0.2, 0.25) is 5.91 Å². The minimum Gasteiger partial charge on any atom is -0.508 e. The van der Waals surface area contributed by atoms with Gasteiger partial charge in [-0.25, -0.2) is 0 Å². The van der Waals surface area contributed by atoms with Crippen molar-refractivity contribution in [2.24, 2.45) is 5.92 Å². The van der Waals surface area contributed by atoms with Gasteiger partial charge < -0.3 is 15.2 Å². The zero-order valence-corrected chi connectivity index (χ0v) is 12.9. The second-order valence-electron chi connectivity index (χ2n) is 5.86. The van der Waals surface area contributed by atoms with Gasteiger partial charge in [-0.1, -0.05) is 48.5 Å². The number of para-hydroxylation sites is 1. The van der Waals surface area contributed by atoms with Crippen molar-refractivity contribution < 1.29 is 14.6 Å². The number of phenols is 1. The number of rotatable bonds is 5. The molecule has 0 bridgehead atoms. The molecule has 0 unspecified atom stereocenters. The summed E-state index contributed by atoms with van der Waals surface area (Å²) in [4.78, 5) is 12.1. The summed E-state index contributed by atoms with van der Waals surface area (Å²) in [6.07, 6.45) is 1.17. The van der Waals surface area contributed by atoms with E-state index in [2.05, 4.69) is 17.4 Å². The van der Waals surface area contributed by atoms with E-state index in [0.717, 1.165) is 18.6 Å². The lowest BCUT2D eigenvalue weighted by Crippen LogP contribution is -2.31. The fourth-order valence-corrected chi connectivity index (χ4v) is 2.99. The van der Waals surface area contributed by atoms with Crippen LogP contribution in [0.4, 0.5) is 0 Å². The van der Waals surface area contributed by atoms with Gasteiger partial charge in [-0.15, -0.1) is 0 Å². The highest BCUT2D eigenvalue weighted by Gasteiger charge is 2.29. The first-order chi connectivity index (χ1) is 11.2. The van der Waals surface area contributed by atoms with Gasteiger partial charge in [0.25, 0.3) is 0 Å². The lowest BCUT2D eigenvalue weighted by molar-refractivity contribution is -0.120. The summed E-state index contributed by atoms with van der Waals surface area (Å²) in [5.41, 5.74) is 1.80. The van der Waals surface area contributed by atoms with Gasteiger partial charge in [0.1, 0.15) is 5.75 Å². The first-order valence-electron chi connectivity index (χ1n) is 7.94. The van der Waals surface area contributed by atoms with E-state index >= 15 is 0 Å². The molecule has 4 nitrogen and oxygen atoms in total. The molecular weight excluding hydrogens is 290 g/mol. The summed E-state index contributed by atoms with van der Waals surface area (Å²) in [5, 5.41) is 12.7. The number of ether oxygens (including phenoxy) is 1. The summed E-state index contributed by atoms with van der Waals surface area (Å²) < 4.78 is 5.83. The van der Waals surface area contributed by atoms with Crippen LogP contribution in [-0.2, 0) is 16.0 Å². The molecule has 1 aliphatic heterocycles. The Hall–Kier alpha value is -2.33. The molecule has 0 spiro atoms. The maximum Gasteiger partial charge on any atom is 0.224 e. The number of aromatic hydroxyl groups is 1. The van der Waals surface area contributed by atoms with Crippen LogP contribution in [0.1, 0.15) is 23.7 Å². The van der Waals surface area contributed by atoms with Crippen molar-refractivity contribution in [3.63, 3.8) is 0 Å². The number of hydrogen-bond donors (Lipinski definition) is 2. The van der Waals surface area contributed by atoms with Gasteiger partial charge in [0, 0.05) is 24.6 Å². The van der Waals surface area contributed by atoms with E-state index in [4.69, 9.17) is 4.74 Å². The topological polar surface area (TPSA) is 58.6 Å². The number of nitrogens with one attached hydrogen (secondary N) is 1. The van der Waals surface area contributed by atoms with Crippen molar-refractivity contribution >= 4 is 5.91 Å². The molecule has 2 N–H and O–H groups in total. The third kappa shape index (κ3) is 3.90. The highest BCUT2D eigenvalue weighted by Crippen LogP contribution is 2.33. The Balaban J connectivity index is 1.55. The van der Waals surface area contributed by atoms with Crippen molar-refractivity contribution in [1.29, 1.82) is 0 Å². The molecule has 120 valence electrons. The van der Waals surface area contributed by atoms with Gasteiger partial charge in [0.15, 0.2) is 0 Å². The largest absolute Gasteiger partial charge is 0.508 e. The van der Waals surface area contributed by atoms with E-state index in [1.54, 1.807) is 18.2 Å².